The van der Waals surface area contributed by atoms with Gasteiger partial charge in [-0.25, -0.2) is 9.97 Å². The number of rotatable bonds is 4. The van der Waals surface area contributed by atoms with Crippen molar-refractivity contribution in [3.8, 4) is 0 Å². The summed E-state index contributed by atoms with van der Waals surface area (Å²) < 4.78 is 1.48. The van der Waals surface area contributed by atoms with Crippen LogP contribution in [0.3, 0.4) is 0 Å². The van der Waals surface area contributed by atoms with E-state index in [1.807, 2.05) is 13.0 Å². The van der Waals surface area contributed by atoms with Crippen LogP contribution >= 0.6 is 11.6 Å². The van der Waals surface area contributed by atoms with Gasteiger partial charge in [0.2, 0.25) is 0 Å². The lowest BCUT2D eigenvalue weighted by molar-refractivity contribution is 0.714. The van der Waals surface area contributed by atoms with Gasteiger partial charge in [0, 0.05) is 18.3 Å². The Balaban J connectivity index is 2.31. The Morgan fingerprint density at radius 1 is 1.42 bits per heavy atom. The molecule has 0 aliphatic heterocycles. The Kier molecular flexibility index (Phi) is 4.16. The molecule has 2 rings (SSSR count). The van der Waals surface area contributed by atoms with Gasteiger partial charge in [-0.1, -0.05) is 11.6 Å². The second-order valence-corrected chi connectivity index (χ2v) is 4.56. The minimum atomic E-state index is -0.112. The number of aryl methyl sites for hydroxylation is 1. The fourth-order valence-corrected chi connectivity index (χ4v) is 1.84. The van der Waals surface area contributed by atoms with Crippen LogP contribution in [0.4, 0.5) is 5.82 Å². The molecule has 0 spiro atoms. The molecule has 5 nitrogen and oxygen atoms in total. The first kappa shape index (κ1) is 13.5. The first-order valence-electron chi connectivity index (χ1n) is 6.02. The van der Waals surface area contributed by atoms with Crippen molar-refractivity contribution in [1.29, 1.82) is 0 Å². The highest BCUT2D eigenvalue weighted by Crippen LogP contribution is 2.17. The van der Waals surface area contributed by atoms with Crippen molar-refractivity contribution in [1.82, 2.24) is 14.5 Å². The van der Waals surface area contributed by atoms with Gasteiger partial charge in [-0.15, -0.1) is 0 Å². The van der Waals surface area contributed by atoms with Gasteiger partial charge >= 0.3 is 0 Å². The van der Waals surface area contributed by atoms with Crippen molar-refractivity contribution in [2.75, 3.05) is 11.9 Å². The van der Waals surface area contributed by atoms with Gasteiger partial charge in [0.25, 0.3) is 5.56 Å². The van der Waals surface area contributed by atoms with Crippen molar-refractivity contribution < 1.29 is 0 Å². The molecule has 0 fully saturated rings. The van der Waals surface area contributed by atoms with Crippen molar-refractivity contribution in [2.24, 2.45) is 0 Å². The molecule has 0 atom stereocenters. The first-order chi connectivity index (χ1) is 9.10. The Morgan fingerprint density at radius 2 is 2.21 bits per heavy atom. The van der Waals surface area contributed by atoms with Crippen LogP contribution in [0.15, 0.2) is 29.3 Å². The van der Waals surface area contributed by atoms with E-state index < -0.39 is 0 Å². The quantitative estimate of drug-likeness (QED) is 0.930. The fraction of sp³-hybridized carbons (Fsp3) is 0.308. The van der Waals surface area contributed by atoms with Crippen LogP contribution < -0.4 is 10.9 Å². The highest BCUT2D eigenvalue weighted by Gasteiger charge is 2.06. The third-order valence-electron chi connectivity index (χ3n) is 2.61. The van der Waals surface area contributed by atoms with Crippen LogP contribution in [0.1, 0.15) is 18.3 Å². The van der Waals surface area contributed by atoms with E-state index in [1.54, 1.807) is 13.0 Å². The molecule has 0 saturated heterocycles. The van der Waals surface area contributed by atoms with Crippen LogP contribution in [0.5, 0.6) is 0 Å². The maximum absolute atomic E-state index is 11.8. The van der Waals surface area contributed by atoms with Crippen molar-refractivity contribution in [3.63, 3.8) is 0 Å². The third-order valence-corrected chi connectivity index (χ3v) is 2.96. The molecule has 2 aromatic heterocycles. The molecular formula is C13H15ClN4O. The zero-order valence-electron chi connectivity index (χ0n) is 10.9. The van der Waals surface area contributed by atoms with Crippen LogP contribution in [0, 0.1) is 6.92 Å². The monoisotopic (exact) mass is 278 g/mol. The van der Waals surface area contributed by atoms with E-state index >= 15 is 0 Å². The molecule has 2 heterocycles. The predicted molar refractivity (Wildman–Crippen MR) is 75.7 cm³/mol. The second-order valence-electron chi connectivity index (χ2n) is 4.15. The Bertz CT molecular complexity index is 639. The maximum atomic E-state index is 11.8. The van der Waals surface area contributed by atoms with Gasteiger partial charge in [-0.05, 0) is 26.0 Å². The molecule has 0 radical (unpaired) electrons. The van der Waals surface area contributed by atoms with Crippen LogP contribution in [-0.2, 0) is 6.54 Å². The number of nitrogens with one attached hydrogen (secondary N) is 1. The summed E-state index contributed by atoms with van der Waals surface area (Å²) in [5.74, 6) is 0.745. The average Bonchev–Trinajstić information content (AvgIpc) is 2.37. The van der Waals surface area contributed by atoms with Crippen molar-refractivity contribution >= 4 is 17.4 Å². The third kappa shape index (κ3) is 3.32. The molecule has 0 bridgehead atoms. The Morgan fingerprint density at radius 3 is 2.89 bits per heavy atom. The van der Waals surface area contributed by atoms with Crippen LogP contribution in [-0.4, -0.2) is 21.1 Å². The highest BCUT2D eigenvalue weighted by molar-refractivity contribution is 6.31. The summed E-state index contributed by atoms with van der Waals surface area (Å²) in [4.78, 5) is 20.3. The molecule has 0 amide bonds. The predicted octanol–water partition coefficient (Wildman–Crippen LogP) is 2.08. The Labute approximate surface area is 116 Å². The molecule has 0 aliphatic carbocycles. The lowest BCUT2D eigenvalue weighted by Gasteiger charge is -2.09. The number of hydrogen-bond acceptors (Lipinski definition) is 4. The summed E-state index contributed by atoms with van der Waals surface area (Å²) in [5, 5.41) is 3.65. The van der Waals surface area contributed by atoms with Gasteiger partial charge in [-0.3, -0.25) is 9.36 Å². The molecule has 0 unspecified atom stereocenters. The zero-order chi connectivity index (χ0) is 13.8. The van der Waals surface area contributed by atoms with Crippen LogP contribution in [0.25, 0.3) is 0 Å². The number of nitrogens with zero attached hydrogens (tertiary/aromatic N) is 3. The molecule has 19 heavy (non-hydrogen) atoms. The largest absolute Gasteiger partial charge is 0.370 e. The maximum Gasteiger partial charge on any atom is 0.253 e. The molecule has 0 saturated carbocycles. The summed E-state index contributed by atoms with van der Waals surface area (Å²) >= 11 is 6.10. The van der Waals surface area contributed by atoms with Crippen molar-refractivity contribution in [3.05, 3.63) is 51.3 Å². The summed E-state index contributed by atoms with van der Waals surface area (Å²) in [6.07, 6.45) is 1.51. The lowest BCUT2D eigenvalue weighted by atomic mass is 10.3. The minimum absolute atomic E-state index is 0.112. The second kappa shape index (κ2) is 5.84. The van der Waals surface area contributed by atoms with Gasteiger partial charge in [0.15, 0.2) is 0 Å². The molecule has 2 aromatic rings. The molecular weight excluding hydrogens is 264 g/mol. The molecule has 100 valence electrons. The van der Waals surface area contributed by atoms with E-state index in [9.17, 15) is 4.79 Å². The van der Waals surface area contributed by atoms with E-state index in [-0.39, 0.29) is 5.56 Å². The van der Waals surface area contributed by atoms with Gasteiger partial charge in [0.1, 0.15) is 5.82 Å². The number of pyridine rings is 1. The summed E-state index contributed by atoms with van der Waals surface area (Å²) in [6.45, 7) is 4.86. The molecule has 0 aliphatic rings. The average molecular weight is 279 g/mol. The first-order valence-corrected chi connectivity index (χ1v) is 6.40. The summed E-state index contributed by atoms with van der Waals surface area (Å²) in [6, 6.07) is 5.07. The zero-order valence-corrected chi connectivity index (χ0v) is 11.6. The normalized spacial score (nSPS) is 10.5. The van der Waals surface area contributed by atoms with E-state index in [2.05, 4.69) is 15.3 Å². The van der Waals surface area contributed by atoms with E-state index in [1.165, 1.54) is 17.0 Å². The number of halogens is 1. The summed E-state index contributed by atoms with van der Waals surface area (Å²) in [5.41, 5.74) is 1.23. The standard InChI is InChI=1S/C13H15ClN4O/c1-3-15-12-5-4-10(14)11(17-12)7-18-8-16-9(2)6-13(18)19/h4-6,8H,3,7H2,1-2H3,(H,15,17). The molecule has 1 N–H and O–H groups in total. The SMILES string of the molecule is CCNc1ccc(Cl)c(Cn2cnc(C)cc2=O)n1. The van der Waals surface area contributed by atoms with Crippen LogP contribution in [0.2, 0.25) is 5.02 Å². The number of aromatic nitrogens is 3. The van der Waals surface area contributed by atoms with E-state index in [0.717, 1.165) is 12.4 Å². The molecule has 6 heteroatoms. The minimum Gasteiger partial charge on any atom is -0.370 e. The van der Waals surface area contributed by atoms with Gasteiger partial charge in [-0.2, -0.15) is 0 Å². The number of hydrogen-bond donors (Lipinski definition) is 1. The fourth-order valence-electron chi connectivity index (χ4n) is 1.67. The Hall–Kier alpha value is -1.88. The highest BCUT2D eigenvalue weighted by atomic mass is 35.5. The van der Waals surface area contributed by atoms with E-state index in [0.29, 0.717) is 23.0 Å². The van der Waals surface area contributed by atoms with Crippen molar-refractivity contribution in [2.45, 2.75) is 20.4 Å². The lowest BCUT2D eigenvalue weighted by Crippen LogP contribution is -2.21. The smallest absolute Gasteiger partial charge is 0.253 e. The summed E-state index contributed by atoms with van der Waals surface area (Å²) in [7, 11) is 0. The number of anilines is 1. The van der Waals surface area contributed by atoms with E-state index in [4.69, 9.17) is 11.6 Å². The van der Waals surface area contributed by atoms with Gasteiger partial charge in [0.05, 0.1) is 23.6 Å². The molecule has 0 aromatic carbocycles. The topological polar surface area (TPSA) is 59.8 Å². The van der Waals surface area contributed by atoms with Gasteiger partial charge < -0.3 is 5.32 Å².